The summed E-state index contributed by atoms with van der Waals surface area (Å²) in [5.41, 5.74) is -1.12. The number of nitro benzene ring substituents is 1. The van der Waals surface area contributed by atoms with Crippen molar-refractivity contribution < 1.29 is 24.3 Å². The number of morpholine rings is 1. The smallest absolute Gasteiger partial charge is 0.312 e. The second kappa shape index (κ2) is 7.99. The van der Waals surface area contributed by atoms with E-state index in [-0.39, 0.29) is 29.1 Å². The van der Waals surface area contributed by atoms with Gasteiger partial charge in [-0.3, -0.25) is 19.8 Å². The SMILES string of the molecule is CC(C)(CN1CCOCC1COc1ccc(Cl)cc1[N+](=O)[O-])C(=O)O. The number of hydrogen-bond donors (Lipinski definition) is 1. The van der Waals surface area contributed by atoms with Crippen LogP contribution in [0.1, 0.15) is 13.8 Å². The van der Waals surface area contributed by atoms with E-state index in [9.17, 15) is 20.0 Å². The average Bonchev–Trinajstić information content (AvgIpc) is 2.54. The van der Waals surface area contributed by atoms with Crippen LogP contribution in [0.15, 0.2) is 18.2 Å². The van der Waals surface area contributed by atoms with Gasteiger partial charge in [-0.2, -0.15) is 0 Å². The van der Waals surface area contributed by atoms with Crippen LogP contribution >= 0.6 is 11.6 Å². The van der Waals surface area contributed by atoms with Crippen molar-refractivity contribution in [2.45, 2.75) is 19.9 Å². The largest absolute Gasteiger partial charge is 0.485 e. The molecule has 1 fully saturated rings. The summed E-state index contributed by atoms with van der Waals surface area (Å²) in [5, 5.41) is 20.7. The summed E-state index contributed by atoms with van der Waals surface area (Å²) in [6.07, 6.45) is 0. The Morgan fingerprint density at radius 1 is 1.56 bits per heavy atom. The number of hydrogen-bond acceptors (Lipinski definition) is 6. The maximum Gasteiger partial charge on any atom is 0.312 e. The van der Waals surface area contributed by atoms with Crippen LogP contribution in [0.3, 0.4) is 0 Å². The predicted molar refractivity (Wildman–Crippen MR) is 91.2 cm³/mol. The topological polar surface area (TPSA) is 102 Å². The number of carbonyl (C=O) groups is 1. The van der Waals surface area contributed by atoms with Crippen molar-refractivity contribution in [3.8, 4) is 5.75 Å². The molecule has 0 spiro atoms. The molecule has 0 amide bonds. The van der Waals surface area contributed by atoms with Crippen molar-refractivity contribution in [2.24, 2.45) is 5.41 Å². The van der Waals surface area contributed by atoms with Gasteiger partial charge in [-0.25, -0.2) is 0 Å². The van der Waals surface area contributed by atoms with Crippen molar-refractivity contribution in [3.63, 3.8) is 0 Å². The fraction of sp³-hybridized carbons (Fsp3) is 0.562. The van der Waals surface area contributed by atoms with Gasteiger partial charge in [-0.1, -0.05) is 11.6 Å². The summed E-state index contributed by atoms with van der Waals surface area (Å²) in [5.74, 6) is -0.760. The normalized spacial score (nSPS) is 18.8. The Bertz CT molecular complexity index is 652. The lowest BCUT2D eigenvalue weighted by atomic mass is 9.92. The number of carboxylic acid groups (broad SMARTS) is 1. The van der Waals surface area contributed by atoms with E-state index >= 15 is 0 Å². The molecule has 25 heavy (non-hydrogen) atoms. The zero-order valence-corrected chi connectivity index (χ0v) is 14.9. The maximum absolute atomic E-state index is 11.4. The Labute approximate surface area is 150 Å². The van der Waals surface area contributed by atoms with Gasteiger partial charge >= 0.3 is 11.7 Å². The van der Waals surface area contributed by atoms with Crippen molar-refractivity contribution in [1.29, 1.82) is 0 Å². The molecule has 1 aromatic rings. The number of rotatable bonds is 7. The zero-order valence-electron chi connectivity index (χ0n) is 14.1. The van der Waals surface area contributed by atoms with E-state index in [0.717, 1.165) is 0 Å². The van der Waals surface area contributed by atoms with E-state index in [1.165, 1.54) is 18.2 Å². The van der Waals surface area contributed by atoms with Gasteiger partial charge in [0.05, 0.1) is 29.6 Å². The molecule has 0 aliphatic carbocycles. The first-order valence-corrected chi connectivity index (χ1v) is 8.20. The Hall–Kier alpha value is -1.90. The molecule has 1 N–H and O–H groups in total. The molecule has 2 rings (SSSR count). The molecule has 0 saturated carbocycles. The first kappa shape index (κ1) is 19.4. The van der Waals surface area contributed by atoms with Gasteiger partial charge in [0, 0.05) is 24.2 Å². The quantitative estimate of drug-likeness (QED) is 0.579. The van der Waals surface area contributed by atoms with Gasteiger partial charge in [-0.15, -0.1) is 0 Å². The number of aliphatic carboxylic acids is 1. The van der Waals surface area contributed by atoms with E-state index in [4.69, 9.17) is 21.1 Å². The molecule has 1 aliphatic rings. The van der Waals surface area contributed by atoms with Gasteiger partial charge in [0.2, 0.25) is 0 Å². The Morgan fingerprint density at radius 2 is 2.28 bits per heavy atom. The van der Waals surface area contributed by atoms with E-state index < -0.39 is 16.3 Å². The lowest BCUT2D eigenvalue weighted by molar-refractivity contribution is -0.385. The van der Waals surface area contributed by atoms with Crippen LogP contribution in [0.2, 0.25) is 5.02 Å². The van der Waals surface area contributed by atoms with Crippen molar-refractivity contribution in [2.75, 3.05) is 32.9 Å². The molecule has 9 heteroatoms. The number of benzene rings is 1. The third-order valence-electron chi connectivity index (χ3n) is 4.08. The second-order valence-electron chi connectivity index (χ2n) is 6.57. The third kappa shape index (κ3) is 5.04. The molecular formula is C16H21ClN2O6. The minimum atomic E-state index is -0.915. The average molecular weight is 373 g/mol. The molecule has 138 valence electrons. The fourth-order valence-corrected chi connectivity index (χ4v) is 2.73. The lowest BCUT2D eigenvalue weighted by Crippen LogP contribution is -2.52. The first-order valence-electron chi connectivity index (χ1n) is 7.82. The number of nitrogens with zero attached hydrogens (tertiary/aromatic N) is 2. The Morgan fingerprint density at radius 3 is 2.92 bits per heavy atom. The Kier molecular flexibility index (Phi) is 6.21. The highest BCUT2D eigenvalue weighted by Crippen LogP contribution is 2.30. The predicted octanol–water partition coefficient (Wildman–Crippen LogP) is 2.44. The number of ether oxygens (including phenoxy) is 2. The van der Waals surface area contributed by atoms with E-state index in [0.29, 0.717) is 26.3 Å². The van der Waals surface area contributed by atoms with Crippen LogP contribution in [0.4, 0.5) is 5.69 Å². The van der Waals surface area contributed by atoms with Crippen LogP contribution < -0.4 is 4.74 Å². The molecule has 1 aromatic carbocycles. The highest BCUT2D eigenvalue weighted by atomic mass is 35.5. The van der Waals surface area contributed by atoms with Crippen LogP contribution in [0.5, 0.6) is 5.75 Å². The summed E-state index contributed by atoms with van der Waals surface area (Å²) < 4.78 is 11.1. The number of carboxylic acids is 1. The van der Waals surface area contributed by atoms with Crippen molar-refractivity contribution >= 4 is 23.3 Å². The highest BCUT2D eigenvalue weighted by molar-refractivity contribution is 6.30. The van der Waals surface area contributed by atoms with E-state index in [1.54, 1.807) is 13.8 Å². The van der Waals surface area contributed by atoms with Gasteiger partial charge in [-0.05, 0) is 26.0 Å². The molecule has 1 aliphatic heterocycles. The highest BCUT2D eigenvalue weighted by Gasteiger charge is 2.34. The Balaban J connectivity index is 2.07. The van der Waals surface area contributed by atoms with Gasteiger partial charge in [0.15, 0.2) is 5.75 Å². The minimum Gasteiger partial charge on any atom is -0.485 e. The van der Waals surface area contributed by atoms with Crippen molar-refractivity contribution in [1.82, 2.24) is 4.90 Å². The molecule has 0 radical (unpaired) electrons. The second-order valence-corrected chi connectivity index (χ2v) is 7.00. The lowest BCUT2D eigenvalue weighted by Gasteiger charge is -2.38. The van der Waals surface area contributed by atoms with E-state index in [2.05, 4.69) is 0 Å². The zero-order chi connectivity index (χ0) is 18.6. The summed E-state index contributed by atoms with van der Waals surface area (Å²) in [6, 6.07) is 4.02. The standard InChI is InChI=1S/C16H21ClN2O6/c1-16(2,15(20)21)10-18-5-6-24-8-12(18)9-25-14-4-3-11(17)7-13(14)19(22)23/h3-4,7,12H,5-6,8-10H2,1-2H3,(H,20,21). The van der Waals surface area contributed by atoms with Crippen LogP contribution in [-0.4, -0.2) is 59.9 Å². The first-order chi connectivity index (χ1) is 11.7. The summed E-state index contributed by atoms with van der Waals surface area (Å²) in [7, 11) is 0. The molecule has 1 saturated heterocycles. The molecule has 0 aromatic heterocycles. The molecule has 1 heterocycles. The minimum absolute atomic E-state index is 0.123. The number of nitro groups is 1. The summed E-state index contributed by atoms with van der Waals surface area (Å²) in [6.45, 7) is 5.26. The summed E-state index contributed by atoms with van der Waals surface area (Å²) >= 11 is 5.79. The molecule has 1 unspecified atom stereocenters. The van der Waals surface area contributed by atoms with Gasteiger partial charge in [0.1, 0.15) is 6.61 Å². The van der Waals surface area contributed by atoms with Gasteiger partial charge in [0.25, 0.3) is 0 Å². The van der Waals surface area contributed by atoms with Crippen LogP contribution in [0.25, 0.3) is 0 Å². The summed E-state index contributed by atoms with van der Waals surface area (Å²) in [4.78, 5) is 23.9. The van der Waals surface area contributed by atoms with E-state index in [1.807, 2.05) is 4.90 Å². The third-order valence-corrected chi connectivity index (χ3v) is 4.31. The molecular weight excluding hydrogens is 352 g/mol. The van der Waals surface area contributed by atoms with Gasteiger partial charge < -0.3 is 14.6 Å². The number of halogens is 1. The fourth-order valence-electron chi connectivity index (χ4n) is 2.57. The molecule has 8 nitrogen and oxygen atoms in total. The van der Waals surface area contributed by atoms with Crippen LogP contribution in [-0.2, 0) is 9.53 Å². The maximum atomic E-state index is 11.4. The molecule has 0 bridgehead atoms. The monoisotopic (exact) mass is 372 g/mol. The molecule has 1 atom stereocenters. The van der Waals surface area contributed by atoms with Crippen LogP contribution in [0, 0.1) is 15.5 Å². The van der Waals surface area contributed by atoms with Crippen molar-refractivity contribution in [3.05, 3.63) is 33.3 Å².